The SMILES string of the molecule is Cn1ccnc1CC(O)C(C)(C)N1CCCCCC1. The number of aliphatic hydroxyl groups is 1. The van der Waals surface area contributed by atoms with Gasteiger partial charge in [-0.25, -0.2) is 4.98 Å². The zero-order chi connectivity index (χ0) is 13.9. The minimum Gasteiger partial charge on any atom is -0.391 e. The molecule has 1 unspecified atom stereocenters. The van der Waals surface area contributed by atoms with Gasteiger partial charge in [-0.2, -0.15) is 0 Å². The van der Waals surface area contributed by atoms with Gasteiger partial charge in [-0.1, -0.05) is 12.8 Å². The molecule has 0 amide bonds. The van der Waals surface area contributed by atoms with Gasteiger partial charge in [0.25, 0.3) is 0 Å². The van der Waals surface area contributed by atoms with E-state index in [1.807, 2.05) is 17.8 Å². The van der Waals surface area contributed by atoms with Gasteiger partial charge in [0.15, 0.2) is 0 Å². The van der Waals surface area contributed by atoms with Crippen molar-refractivity contribution in [1.82, 2.24) is 14.5 Å². The van der Waals surface area contributed by atoms with E-state index in [0.717, 1.165) is 18.9 Å². The lowest BCUT2D eigenvalue weighted by atomic mass is 9.92. The van der Waals surface area contributed by atoms with E-state index >= 15 is 0 Å². The first-order valence-electron chi connectivity index (χ1n) is 7.41. The van der Waals surface area contributed by atoms with Crippen molar-refractivity contribution in [1.29, 1.82) is 0 Å². The molecule has 1 fully saturated rings. The molecule has 0 aromatic carbocycles. The molecule has 2 heterocycles. The second-order valence-electron chi connectivity index (χ2n) is 6.23. The number of rotatable bonds is 4. The first-order chi connectivity index (χ1) is 9.01. The summed E-state index contributed by atoms with van der Waals surface area (Å²) in [5, 5.41) is 10.6. The molecule has 1 aliphatic heterocycles. The molecule has 1 atom stereocenters. The van der Waals surface area contributed by atoms with Crippen LogP contribution >= 0.6 is 0 Å². The van der Waals surface area contributed by atoms with Gasteiger partial charge in [-0.05, 0) is 39.8 Å². The van der Waals surface area contributed by atoms with E-state index < -0.39 is 0 Å². The number of nitrogens with zero attached hydrogens (tertiary/aromatic N) is 3. The molecular weight excluding hydrogens is 238 g/mol. The van der Waals surface area contributed by atoms with Crippen molar-refractivity contribution < 1.29 is 5.11 Å². The van der Waals surface area contributed by atoms with Crippen molar-refractivity contribution in [3.63, 3.8) is 0 Å². The minimum atomic E-state index is -0.383. The molecule has 4 nitrogen and oxygen atoms in total. The Morgan fingerprint density at radius 2 is 1.89 bits per heavy atom. The molecular formula is C15H27N3O. The van der Waals surface area contributed by atoms with E-state index in [4.69, 9.17) is 0 Å². The fourth-order valence-corrected chi connectivity index (χ4v) is 2.87. The highest BCUT2D eigenvalue weighted by Crippen LogP contribution is 2.25. The average Bonchev–Trinajstić information content (AvgIpc) is 2.64. The van der Waals surface area contributed by atoms with Crippen LogP contribution in [0, 0.1) is 0 Å². The number of aliphatic hydroxyl groups excluding tert-OH is 1. The van der Waals surface area contributed by atoms with Crippen molar-refractivity contribution >= 4 is 0 Å². The second-order valence-corrected chi connectivity index (χ2v) is 6.23. The van der Waals surface area contributed by atoms with Gasteiger partial charge in [-0.3, -0.25) is 4.90 Å². The summed E-state index contributed by atoms with van der Waals surface area (Å²) in [4.78, 5) is 6.77. The van der Waals surface area contributed by atoms with Crippen molar-refractivity contribution in [3.8, 4) is 0 Å². The van der Waals surface area contributed by atoms with E-state index in [1.165, 1.54) is 25.7 Å². The lowest BCUT2D eigenvalue weighted by Gasteiger charge is -2.41. The summed E-state index contributed by atoms with van der Waals surface area (Å²) in [5.41, 5.74) is -0.184. The van der Waals surface area contributed by atoms with Crippen LogP contribution in [-0.4, -0.2) is 44.3 Å². The normalized spacial score (nSPS) is 20.2. The van der Waals surface area contributed by atoms with Gasteiger partial charge in [0.2, 0.25) is 0 Å². The Labute approximate surface area is 116 Å². The van der Waals surface area contributed by atoms with Crippen LogP contribution in [0.25, 0.3) is 0 Å². The highest BCUT2D eigenvalue weighted by atomic mass is 16.3. The van der Waals surface area contributed by atoms with Crippen LogP contribution in [0.3, 0.4) is 0 Å². The zero-order valence-corrected chi connectivity index (χ0v) is 12.5. The van der Waals surface area contributed by atoms with E-state index in [-0.39, 0.29) is 11.6 Å². The van der Waals surface area contributed by atoms with E-state index in [9.17, 15) is 5.11 Å². The molecule has 0 radical (unpaired) electrons. The first kappa shape index (κ1) is 14.5. The van der Waals surface area contributed by atoms with Crippen LogP contribution in [0.4, 0.5) is 0 Å². The quantitative estimate of drug-likeness (QED) is 0.905. The number of hydrogen-bond acceptors (Lipinski definition) is 3. The molecule has 1 N–H and O–H groups in total. The molecule has 0 spiro atoms. The third-order valence-electron chi connectivity index (χ3n) is 4.53. The van der Waals surface area contributed by atoms with Crippen LogP contribution in [0.5, 0.6) is 0 Å². The maximum atomic E-state index is 10.6. The number of likely N-dealkylation sites (tertiary alicyclic amines) is 1. The van der Waals surface area contributed by atoms with Crippen LogP contribution in [-0.2, 0) is 13.5 Å². The third kappa shape index (κ3) is 3.37. The smallest absolute Gasteiger partial charge is 0.111 e. The summed E-state index contributed by atoms with van der Waals surface area (Å²) < 4.78 is 1.99. The highest BCUT2D eigenvalue weighted by Gasteiger charge is 2.35. The number of aryl methyl sites for hydroxylation is 1. The lowest BCUT2D eigenvalue weighted by Crippen LogP contribution is -2.53. The Morgan fingerprint density at radius 1 is 1.26 bits per heavy atom. The molecule has 1 aromatic heterocycles. The lowest BCUT2D eigenvalue weighted by molar-refractivity contribution is -0.00914. The van der Waals surface area contributed by atoms with Gasteiger partial charge < -0.3 is 9.67 Å². The van der Waals surface area contributed by atoms with Crippen molar-refractivity contribution in [2.45, 2.75) is 57.6 Å². The van der Waals surface area contributed by atoms with Gasteiger partial charge in [0, 0.05) is 31.4 Å². The molecule has 0 bridgehead atoms. The standard InChI is InChI=1S/C15H27N3O/c1-15(2,18-9-6-4-5-7-10-18)13(19)12-14-16-8-11-17(14)3/h8,11,13,19H,4-7,9-10,12H2,1-3H3. The van der Waals surface area contributed by atoms with Gasteiger partial charge >= 0.3 is 0 Å². The van der Waals surface area contributed by atoms with Crippen LogP contribution < -0.4 is 0 Å². The molecule has 1 aliphatic rings. The Hall–Kier alpha value is -0.870. The Bertz CT molecular complexity index is 392. The second kappa shape index (κ2) is 6.06. The van der Waals surface area contributed by atoms with Gasteiger partial charge in [-0.15, -0.1) is 0 Å². The molecule has 0 saturated carbocycles. The predicted molar refractivity (Wildman–Crippen MR) is 77.0 cm³/mol. The highest BCUT2D eigenvalue weighted by molar-refractivity contribution is 4.99. The van der Waals surface area contributed by atoms with Crippen LogP contribution in [0.2, 0.25) is 0 Å². The summed E-state index contributed by atoms with van der Waals surface area (Å²) in [7, 11) is 1.98. The van der Waals surface area contributed by atoms with Crippen molar-refractivity contribution in [2.24, 2.45) is 7.05 Å². The molecule has 108 valence electrons. The summed E-state index contributed by atoms with van der Waals surface area (Å²) >= 11 is 0. The summed E-state index contributed by atoms with van der Waals surface area (Å²) in [5.74, 6) is 0.954. The fraction of sp³-hybridized carbons (Fsp3) is 0.800. The molecule has 1 aromatic rings. The van der Waals surface area contributed by atoms with E-state index in [2.05, 4.69) is 23.7 Å². The monoisotopic (exact) mass is 265 g/mol. The zero-order valence-electron chi connectivity index (χ0n) is 12.5. The molecule has 4 heteroatoms. The van der Waals surface area contributed by atoms with Crippen LogP contribution in [0.15, 0.2) is 12.4 Å². The fourth-order valence-electron chi connectivity index (χ4n) is 2.87. The Kier molecular flexibility index (Phi) is 4.63. The average molecular weight is 265 g/mol. The predicted octanol–water partition coefficient (Wildman–Crippen LogP) is 1.98. The van der Waals surface area contributed by atoms with Gasteiger partial charge in [0.05, 0.1) is 6.10 Å². The van der Waals surface area contributed by atoms with Gasteiger partial charge in [0.1, 0.15) is 5.82 Å². The maximum absolute atomic E-state index is 10.6. The summed E-state index contributed by atoms with van der Waals surface area (Å²) in [6.07, 6.45) is 9.10. The number of imidazole rings is 1. The first-order valence-corrected chi connectivity index (χ1v) is 7.41. The topological polar surface area (TPSA) is 41.3 Å². The van der Waals surface area contributed by atoms with E-state index in [0.29, 0.717) is 6.42 Å². The molecule has 2 rings (SSSR count). The third-order valence-corrected chi connectivity index (χ3v) is 4.53. The Morgan fingerprint density at radius 3 is 2.42 bits per heavy atom. The number of hydrogen-bond donors (Lipinski definition) is 1. The van der Waals surface area contributed by atoms with Crippen LogP contribution in [0.1, 0.15) is 45.4 Å². The largest absolute Gasteiger partial charge is 0.391 e. The van der Waals surface area contributed by atoms with Crippen molar-refractivity contribution in [3.05, 3.63) is 18.2 Å². The molecule has 19 heavy (non-hydrogen) atoms. The minimum absolute atomic E-state index is 0.184. The number of aromatic nitrogens is 2. The summed E-state index contributed by atoms with van der Waals surface area (Å²) in [6.45, 7) is 6.52. The molecule has 0 aliphatic carbocycles. The summed E-state index contributed by atoms with van der Waals surface area (Å²) in [6, 6.07) is 0. The molecule has 1 saturated heterocycles. The maximum Gasteiger partial charge on any atom is 0.111 e. The van der Waals surface area contributed by atoms with Crippen molar-refractivity contribution in [2.75, 3.05) is 13.1 Å². The Balaban J connectivity index is 2.02. The van der Waals surface area contributed by atoms with E-state index in [1.54, 1.807) is 6.20 Å².